The molecule has 1 amide bonds. The van der Waals surface area contributed by atoms with E-state index in [1.807, 2.05) is 41.9 Å². The molecular weight excluding hydrogens is 370 g/mol. The number of rotatable bonds is 2. The largest absolute Gasteiger partial charge is 0.487 e. The van der Waals surface area contributed by atoms with Gasteiger partial charge >= 0.3 is 0 Å². The number of benzene rings is 2. The summed E-state index contributed by atoms with van der Waals surface area (Å²) in [5, 5.41) is 3.28. The van der Waals surface area contributed by atoms with Gasteiger partial charge < -0.3 is 15.0 Å². The van der Waals surface area contributed by atoms with E-state index in [0.29, 0.717) is 5.56 Å². The summed E-state index contributed by atoms with van der Waals surface area (Å²) in [6.45, 7) is 2.04. The molecule has 0 radical (unpaired) electrons. The quantitative estimate of drug-likeness (QED) is 0.715. The molecule has 1 fully saturated rings. The molecule has 144 valence electrons. The van der Waals surface area contributed by atoms with Gasteiger partial charge in [-0.1, -0.05) is 18.2 Å². The Bertz CT molecular complexity index is 1020. The molecule has 1 aromatic heterocycles. The van der Waals surface area contributed by atoms with Gasteiger partial charge in [-0.05, 0) is 44.2 Å². The second-order valence-corrected chi connectivity index (χ2v) is 8.78. The maximum atomic E-state index is 13.0. The lowest BCUT2D eigenvalue weighted by Gasteiger charge is -2.46. The maximum Gasteiger partial charge on any atom is 0.251 e. The van der Waals surface area contributed by atoms with Gasteiger partial charge in [-0.25, -0.2) is 4.98 Å². The number of piperidine rings is 1. The molecule has 1 N–H and O–H groups in total. The Labute approximate surface area is 168 Å². The number of ether oxygens (including phenoxy) is 1. The van der Waals surface area contributed by atoms with Crippen molar-refractivity contribution in [1.29, 1.82) is 0 Å². The topological polar surface area (TPSA) is 54.5 Å². The number of amides is 1. The summed E-state index contributed by atoms with van der Waals surface area (Å²) in [5.41, 5.74) is 4.30. The summed E-state index contributed by atoms with van der Waals surface area (Å²) in [5.74, 6) is 0.863. The van der Waals surface area contributed by atoms with Crippen LogP contribution in [0.1, 0.15) is 41.2 Å². The Hall–Kier alpha value is -2.44. The van der Waals surface area contributed by atoms with Crippen molar-refractivity contribution in [3.05, 3.63) is 59.1 Å². The van der Waals surface area contributed by atoms with Crippen LogP contribution in [0.15, 0.2) is 48.0 Å². The number of fused-ring (bicyclic) bond motifs is 2. The molecule has 6 heteroatoms. The van der Waals surface area contributed by atoms with Crippen LogP contribution in [0.4, 0.5) is 0 Å². The van der Waals surface area contributed by atoms with Crippen molar-refractivity contribution >= 4 is 27.5 Å². The molecule has 3 aromatic rings. The van der Waals surface area contributed by atoms with Crippen molar-refractivity contribution in [2.45, 2.75) is 30.9 Å². The minimum Gasteiger partial charge on any atom is -0.487 e. The van der Waals surface area contributed by atoms with Crippen LogP contribution in [-0.2, 0) is 0 Å². The maximum absolute atomic E-state index is 13.0. The molecule has 1 spiro atoms. The second-order valence-electron chi connectivity index (χ2n) is 7.89. The average molecular weight is 394 g/mol. The number of thiazole rings is 1. The SMILES string of the molecule is CN1CCC2(CC1)C[C@H](NC(=O)c1ccc3ncsc3c1)c1ccccc1O2. The third-order valence-corrected chi connectivity index (χ3v) is 6.79. The first-order valence-corrected chi connectivity index (χ1v) is 10.6. The van der Waals surface area contributed by atoms with E-state index in [1.54, 1.807) is 11.3 Å². The predicted octanol–water partition coefficient (Wildman–Crippen LogP) is 4.01. The van der Waals surface area contributed by atoms with Gasteiger partial charge in [-0.2, -0.15) is 0 Å². The Morgan fingerprint density at radius 2 is 2.07 bits per heavy atom. The summed E-state index contributed by atoms with van der Waals surface area (Å²) in [4.78, 5) is 19.7. The summed E-state index contributed by atoms with van der Waals surface area (Å²) in [6, 6.07) is 13.8. The van der Waals surface area contributed by atoms with Crippen molar-refractivity contribution in [3.8, 4) is 5.75 Å². The van der Waals surface area contributed by atoms with E-state index in [0.717, 1.165) is 53.9 Å². The predicted molar refractivity (Wildman–Crippen MR) is 111 cm³/mol. The van der Waals surface area contributed by atoms with Gasteiger partial charge in [0, 0.05) is 30.6 Å². The van der Waals surface area contributed by atoms with Crippen LogP contribution in [0.25, 0.3) is 10.2 Å². The molecule has 1 saturated heterocycles. The Balaban J connectivity index is 1.43. The molecule has 1 atom stereocenters. The minimum absolute atomic E-state index is 0.0416. The lowest BCUT2D eigenvalue weighted by atomic mass is 9.80. The number of carbonyl (C=O) groups excluding carboxylic acids is 1. The number of para-hydroxylation sites is 1. The molecule has 3 heterocycles. The van der Waals surface area contributed by atoms with E-state index >= 15 is 0 Å². The average Bonchev–Trinajstić information content (AvgIpc) is 3.18. The van der Waals surface area contributed by atoms with Gasteiger partial charge in [0.05, 0.1) is 21.8 Å². The molecule has 5 nitrogen and oxygen atoms in total. The zero-order valence-electron chi connectivity index (χ0n) is 15.9. The van der Waals surface area contributed by atoms with Gasteiger partial charge in [0.2, 0.25) is 0 Å². The highest BCUT2D eigenvalue weighted by molar-refractivity contribution is 7.16. The lowest BCUT2D eigenvalue weighted by molar-refractivity contribution is -0.0195. The second kappa shape index (κ2) is 6.87. The number of nitrogens with one attached hydrogen (secondary N) is 1. The summed E-state index contributed by atoms with van der Waals surface area (Å²) in [7, 11) is 2.15. The first-order chi connectivity index (χ1) is 13.6. The van der Waals surface area contributed by atoms with Gasteiger partial charge in [0.25, 0.3) is 5.91 Å². The number of aromatic nitrogens is 1. The third kappa shape index (κ3) is 3.16. The van der Waals surface area contributed by atoms with Gasteiger partial charge in [0.1, 0.15) is 11.4 Å². The van der Waals surface area contributed by atoms with Crippen molar-refractivity contribution in [2.24, 2.45) is 0 Å². The molecule has 0 unspecified atom stereocenters. The molecular formula is C22H23N3O2S. The third-order valence-electron chi connectivity index (χ3n) is 5.99. The molecule has 0 saturated carbocycles. The number of hydrogen-bond acceptors (Lipinski definition) is 5. The van der Waals surface area contributed by atoms with Crippen LogP contribution >= 0.6 is 11.3 Å². The summed E-state index contributed by atoms with van der Waals surface area (Å²) >= 11 is 1.56. The fourth-order valence-electron chi connectivity index (χ4n) is 4.32. The van der Waals surface area contributed by atoms with E-state index in [-0.39, 0.29) is 17.6 Å². The van der Waals surface area contributed by atoms with Crippen LogP contribution in [0.3, 0.4) is 0 Å². The lowest BCUT2D eigenvalue weighted by Crippen LogP contribution is -2.51. The zero-order valence-corrected chi connectivity index (χ0v) is 16.7. The number of carbonyl (C=O) groups is 1. The van der Waals surface area contributed by atoms with E-state index < -0.39 is 0 Å². The summed E-state index contributed by atoms with van der Waals surface area (Å²) in [6.07, 6.45) is 2.78. The smallest absolute Gasteiger partial charge is 0.251 e. The molecule has 2 aliphatic heterocycles. The Morgan fingerprint density at radius 3 is 2.93 bits per heavy atom. The molecule has 2 aliphatic rings. The van der Waals surface area contributed by atoms with Crippen molar-refractivity contribution < 1.29 is 9.53 Å². The monoisotopic (exact) mass is 393 g/mol. The number of likely N-dealkylation sites (tertiary alicyclic amines) is 1. The van der Waals surface area contributed by atoms with E-state index in [9.17, 15) is 4.79 Å². The highest BCUT2D eigenvalue weighted by atomic mass is 32.1. The van der Waals surface area contributed by atoms with E-state index in [4.69, 9.17) is 4.74 Å². The van der Waals surface area contributed by atoms with Crippen LogP contribution in [0.2, 0.25) is 0 Å². The van der Waals surface area contributed by atoms with E-state index in [1.165, 1.54) is 0 Å². The van der Waals surface area contributed by atoms with Crippen molar-refractivity contribution in [2.75, 3.05) is 20.1 Å². The molecule has 28 heavy (non-hydrogen) atoms. The fourth-order valence-corrected chi connectivity index (χ4v) is 5.03. The van der Waals surface area contributed by atoms with Gasteiger partial charge in [-0.3, -0.25) is 4.79 Å². The van der Waals surface area contributed by atoms with E-state index in [2.05, 4.69) is 28.3 Å². The number of hydrogen-bond donors (Lipinski definition) is 1. The normalized spacial score (nSPS) is 21.2. The van der Waals surface area contributed by atoms with Crippen molar-refractivity contribution in [1.82, 2.24) is 15.2 Å². The summed E-state index contributed by atoms with van der Waals surface area (Å²) < 4.78 is 7.52. The van der Waals surface area contributed by atoms with Crippen molar-refractivity contribution in [3.63, 3.8) is 0 Å². The Kier molecular flexibility index (Phi) is 4.33. The number of nitrogens with zero attached hydrogens (tertiary/aromatic N) is 2. The first kappa shape index (κ1) is 17.6. The Morgan fingerprint density at radius 1 is 1.25 bits per heavy atom. The molecule has 0 bridgehead atoms. The molecule has 5 rings (SSSR count). The first-order valence-electron chi connectivity index (χ1n) is 9.73. The highest BCUT2D eigenvalue weighted by Gasteiger charge is 2.43. The fraction of sp³-hybridized carbons (Fsp3) is 0.364. The molecule has 0 aliphatic carbocycles. The van der Waals surface area contributed by atoms with Gasteiger partial charge in [0.15, 0.2) is 0 Å². The van der Waals surface area contributed by atoms with Gasteiger partial charge in [-0.15, -0.1) is 11.3 Å². The molecule has 2 aromatic carbocycles. The standard InChI is InChI=1S/C22H23N3O2S/c1-25-10-8-22(9-11-25)13-18(16-4-2-3-5-19(16)27-22)24-21(26)15-6-7-17-20(12-15)28-14-23-17/h2-7,12,14,18H,8-11,13H2,1H3,(H,24,26)/t18-/m0/s1. The van der Waals surface area contributed by atoms with Crippen LogP contribution in [-0.4, -0.2) is 41.5 Å². The highest BCUT2D eigenvalue weighted by Crippen LogP contribution is 2.44. The van der Waals surface area contributed by atoms with Crippen LogP contribution in [0, 0.1) is 0 Å². The van der Waals surface area contributed by atoms with Crippen LogP contribution < -0.4 is 10.1 Å². The zero-order chi connectivity index (χ0) is 19.1. The minimum atomic E-state index is -0.194. The van der Waals surface area contributed by atoms with Crippen LogP contribution in [0.5, 0.6) is 5.75 Å².